The lowest BCUT2D eigenvalue weighted by Gasteiger charge is -2.12. The molecular weight excluding hydrogens is 220 g/mol. The van der Waals surface area contributed by atoms with Gasteiger partial charge in [-0.25, -0.2) is 0 Å². The van der Waals surface area contributed by atoms with E-state index >= 15 is 0 Å². The van der Waals surface area contributed by atoms with Crippen molar-refractivity contribution in [3.63, 3.8) is 0 Å². The normalized spacial score (nSPS) is 12.1. The summed E-state index contributed by atoms with van der Waals surface area (Å²) in [6, 6.07) is 18.7. The zero-order chi connectivity index (χ0) is 12.8. The van der Waals surface area contributed by atoms with Gasteiger partial charge in [-0.2, -0.15) is 0 Å². The number of hydrogen-bond acceptors (Lipinski definition) is 1. The molecule has 1 heteroatoms. The van der Waals surface area contributed by atoms with E-state index in [0.717, 1.165) is 12.2 Å². The molecule has 18 heavy (non-hydrogen) atoms. The predicted octanol–water partition coefficient (Wildman–Crippen LogP) is 4.25. The Morgan fingerprint density at radius 3 is 2.28 bits per heavy atom. The molecule has 0 fully saturated rings. The SMILES string of the molecule is [CH2]C(Cc1ccccc1)c1ccc(OCC)cc1. The van der Waals surface area contributed by atoms with Gasteiger partial charge in [-0.1, -0.05) is 42.5 Å². The molecule has 2 aromatic carbocycles. The van der Waals surface area contributed by atoms with Crippen molar-refractivity contribution in [3.05, 3.63) is 72.6 Å². The summed E-state index contributed by atoms with van der Waals surface area (Å²) in [7, 11) is 0. The summed E-state index contributed by atoms with van der Waals surface area (Å²) < 4.78 is 5.44. The molecule has 1 unspecified atom stereocenters. The fourth-order valence-electron chi connectivity index (χ4n) is 2.02. The summed E-state index contributed by atoms with van der Waals surface area (Å²) in [5.41, 5.74) is 2.58. The monoisotopic (exact) mass is 239 g/mol. The van der Waals surface area contributed by atoms with E-state index in [2.05, 4.69) is 43.3 Å². The van der Waals surface area contributed by atoms with Crippen LogP contribution in [0.5, 0.6) is 5.75 Å². The largest absolute Gasteiger partial charge is 0.494 e. The van der Waals surface area contributed by atoms with E-state index < -0.39 is 0 Å². The van der Waals surface area contributed by atoms with Gasteiger partial charge in [0.05, 0.1) is 6.61 Å². The van der Waals surface area contributed by atoms with E-state index in [-0.39, 0.29) is 5.92 Å². The second-order valence-electron chi connectivity index (χ2n) is 4.39. The molecule has 1 radical (unpaired) electrons. The fraction of sp³-hybridized carbons (Fsp3) is 0.235. The molecule has 0 aromatic heterocycles. The van der Waals surface area contributed by atoms with E-state index in [1.54, 1.807) is 0 Å². The molecule has 0 amide bonds. The highest BCUT2D eigenvalue weighted by Crippen LogP contribution is 2.22. The zero-order valence-electron chi connectivity index (χ0n) is 10.8. The van der Waals surface area contributed by atoms with E-state index in [1.807, 2.05) is 25.1 Å². The molecule has 0 saturated heterocycles. The molecular formula is C17H19O. The van der Waals surface area contributed by atoms with Crippen LogP contribution in [0.3, 0.4) is 0 Å². The number of ether oxygens (including phenoxy) is 1. The lowest BCUT2D eigenvalue weighted by atomic mass is 9.94. The molecule has 0 aliphatic carbocycles. The van der Waals surface area contributed by atoms with Gasteiger partial charge in [0, 0.05) is 0 Å². The van der Waals surface area contributed by atoms with Crippen LogP contribution >= 0.6 is 0 Å². The molecule has 0 bridgehead atoms. The Balaban J connectivity index is 2.02. The summed E-state index contributed by atoms with van der Waals surface area (Å²) >= 11 is 0. The summed E-state index contributed by atoms with van der Waals surface area (Å²) in [5, 5.41) is 0. The minimum absolute atomic E-state index is 0.281. The van der Waals surface area contributed by atoms with Crippen LogP contribution in [0.15, 0.2) is 54.6 Å². The lowest BCUT2D eigenvalue weighted by molar-refractivity contribution is 0.340. The van der Waals surface area contributed by atoms with Gasteiger partial charge in [-0.05, 0) is 49.4 Å². The van der Waals surface area contributed by atoms with Crippen molar-refractivity contribution in [2.24, 2.45) is 0 Å². The molecule has 0 heterocycles. The Bertz CT molecular complexity index is 459. The van der Waals surface area contributed by atoms with E-state index in [9.17, 15) is 0 Å². The Morgan fingerprint density at radius 2 is 1.67 bits per heavy atom. The first-order valence-corrected chi connectivity index (χ1v) is 6.39. The molecule has 0 aliphatic rings. The van der Waals surface area contributed by atoms with Crippen LogP contribution in [0.25, 0.3) is 0 Å². The van der Waals surface area contributed by atoms with E-state index in [0.29, 0.717) is 6.61 Å². The van der Waals surface area contributed by atoms with Crippen LogP contribution in [-0.2, 0) is 6.42 Å². The van der Waals surface area contributed by atoms with Crippen molar-refractivity contribution in [1.82, 2.24) is 0 Å². The Morgan fingerprint density at radius 1 is 1.00 bits per heavy atom. The van der Waals surface area contributed by atoms with Gasteiger partial charge in [0.1, 0.15) is 5.75 Å². The third kappa shape index (κ3) is 3.36. The van der Waals surface area contributed by atoms with Crippen LogP contribution in [0.4, 0.5) is 0 Å². The molecule has 0 saturated carbocycles. The standard InChI is InChI=1S/C17H19O/c1-3-18-17-11-9-16(10-12-17)14(2)13-15-7-5-4-6-8-15/h4-12,14H,2-3,13H2,1H3. The fourth-order valence-corrected chi connectivity index (χ4v) is 2.02. The van der Waals surface area contributed by atoms with Gasteiger partial charge >= 0.3 is 0 Å². The third-order valence-electron chi connectivity index (χ3n) is 2.99. The van der Waals surface area contributed by atoms with Gasteiger partial charge in [0.15, 0.2) is 0 Å². The van der Waals surface area contributed by atoms with E-state index in [4.69, 9.17) is 4.74 Å². The first-order chi connectivity index (χ1) is 8.79. The maximum Gasteiger partial charge on any atom is 0.119 e. The number of benzene rings is 2. The average Bonchev–Trinajstić information content (AvgIpc) is 2.41. The molecule has 2 aromatic rings. The minimum atomic E-state index is 0.281. The van der Waals surface area contributed by atoms with Crippen molar-refractivity contribution in [2.75, 3.05) is 6.61 Å². The minimum Gasteiger partial charge on any atom is -0.494 e. The smallest absolute Gasteiger partial charge is 0.119 e. The summed E-state index contributed by atoms with van der Waals surface area (Å²) in [5.74, 6) is 1.20. The van der Waals surface area contributed by atoms with Gasteiger partial charge in [-0.3, -0.25) is 0 Å². The third-order valence-corrected chi connectivity index (χ3v) is 2.99. The van der Waals surface area contributed by atoms with Crippen LogP contribution in [0, 0.1) is 6.92 Å². The summed E-state index contributed by atoms with van der Waals surface area (Å²) in [6.45, 7) is 6.94. The van der Waals surface area contributed by atoms with Crippen LogP contribution in [0.1, 0.15) is 24.0 Å². The molecule has 93 valence electrons. The molecule has 2 rings (SSSR count). The molecule has 0 spiro atoms. The lowest BCUT2D eigenvalue weighted by Crippen LogP contribution is -1.99. The predicted molar refractivity (Wildman–Crippen MR) is 75.9 cm³/mol. The highest BCUT2D eigenvalue weighted by atomic mass is 16.5. The van der Waals surface area contributed by atoms with Crippen molar-refractivity contribution < 1.29 is 4.74 Å². The van der Waals surface area contributed by atoms with Crippen LogP contribution in [0.2, 0.25) is 0 Å². The average molecular weight is 239 g/mol. The maximum atomic E-state index is 5.44. The quantitative estimate of drug-likeness (QED) is 0.758. The second-order valence-corrected chi connectivity index (χ2v) is 4.39. The molecule has 1 atom stereocenters. The number of hydrogen-bond donors (Lipinski definition) is 0. The Kier molecular flexibility index (Phi) is 4.40. The first-order valence-electron chi connectivity index (χ1n) is 6.39. The first kappa shape index (κ1) is 12.7. The molecule has 1 nitrogen and oxygen atoms in total. The van der Waals surface area contributed by atoms with Crippen LogP contribution in [-0.4, -0.2) is 6.61 Å². The van der Waals surface area contributed by atoms with Crippen LogP contribution < -0.4 is 4.74 Å². The van der Waals surface area contributed by atoms with E-state index in [1.165, 1.54) is 11.1 Å². The van der Waals surface area contributed by atoms with Gasteiger partial charge in [-0.15, -0.1) is 0 Å². The second kappa shape index (κ2) is 6.25. The Hall–Kier alpha value is -1.76. The topological polar surface area (TPSA) is 9.23 Å². The van der Waals surface area contributed by atoms with Crippen molar-refractivity contribution >= 4 is 0 Å². The van der Waals surface area contributed by atoms with Gasteiger partial charge in [0.2, 0.25) is 0 Å². The van der Waals surface area contributed by atoms with Crippen molar-refractivity contribution in [2.45, 2.75) is 19.3 Å². The maximum absolute atomic E-state index is 5.44. The zero-order valence-corrected chi connectivity index (χ0v) is 10.8. The van der Waals surface area contributed by atoms with Gasteiger partial charge < -0.3 is 4.74 Å². The van der Waals surface area contributed by atoms with Gasteiger partial charge in [0.25, 0.3) is 0 Å². The molecule has 0 aliphatic heterocycles. The summed E-state index contributed by atoms with van der Waals surface area (Å²) in [6.07, 6.45) is 0.967. The van der Waals surface area contributed by atoms with Crippen molar-refractivity contribution in [1.29, 1.82) is 0 Å². The Labute approximate surface area is 109 Å². The summed E-state index contributed by atoms with van der Waals surface area (Å²) in [4.78, 5) is 0. The highest BCUT2D eigenvalue weighted by molar-refractivity contribution is 5.31. The number of rotatable bonds is 5. The highest BCUT2D eigenvalue weighted by Gasteiger charge is 2.06. The van der Waals surface area contributed by atoms with Crippen molar-refractivity contribution in [3.8, 4) is 5.75 Å². The molecule has 0 N–H and O–H groups in total.